The molecule has 0 aliphatic rings. The van der Waals surface area contributed by atoms with Gasteiger partial charge in [-0.1, -0.05) is 45.2 Å². The smallest absolute Gasteiger partial charge is 0.337 e. The first-order valence-corrected chi connectivity index (χ1v) is 11.9. The Balaban J connectivity index is 1.93. The number of carboxylic acids is 1. The van der Waals surface area contributed by atoms with Crippen LogP contribution < -0.4 is 10.0 Å². The fourth-order valence-corrected chi connectivity index (χ4v) is 4.78. The molecule has 32 heavy (non-hydrogen) atoms. The van der Waals surface area contributed by atoms with Gasteiger partial charge in [-0.15, -0.1) is 0 Å². The maximum Gasteiger partial charge on any atom is 0.337 e. The van der Waals surface area contributed by atoms with Gasteiger partial charge in [-0.05, 0) is 61.0 Å². The van der Waals surface area contributed by atoms with Crippen molar-refractivity contribution in [2.75, 3.05) is 10.0 Å². The molecule has 0 aromatic heterocycles. The molecule has 0 aliphatic carbocycles. The Morgan fingerprint density at radius 1 is 0.969 bits per heavy atom. The lowest BCUT2D eigenvalue weighted by molar-refractivity contribution is 0.0698. The fraction of sp³-hybridized carbons (Fsp3) is 0.0476. The second-order valence-corrected chi connectivity index (χ2v) is 10.0. The van der Waals surface area contributed by atoms with Gasteiger partial charge < -0.3 is 10.4 Å². The van der Waals surface area contributed by atoms with Crippen LogP contribution in [0.4, 0.5) is 11.4 Å². The number of hydrogen-bond acceptors (Lipinski definition) is 4. The number of benzene rings is 3. The maximum atomic E-state index is 12.9. The van der Waals surface area contributed by atoms with Crippen LogP contribution in [0.3, 0.4) is 0 Å². The van der Waals surface area contributed by atoms with E-state index in [0.29, 0.717) is 10.0 Å². The molecule has 3 rings (SSSR count). The summed E-state index contributed by atoms with van der Waals surface area (Å²) < 4.78 is 28.8. The Kier molecular flexibility index (Phi) is 7.14. The molecule has 0 spiro atoms. The summed E-state index contributed by atoms with van der Waals surface area (Å²) in [7, 11) is -4.06. The zero-order valence-corrected chi connectivity index (χ0v) is 20.2. The highest BCUT2D eigenvalue weighted by Crippen LogP contribution is 2.28. The number of carbonyl (C=O) groups is 2. The molecule has 11 heteroatoms. The second-order valence-electron chi connectivity index (χ2n) is 6.66. The second kappa shape index (κ2) is 9.50. The number of rotatable bonds is 6. The molecule has 3 aromatic rings. The van der Waals surface area contributed by atoms with Crippen molar-refractivity contribution in [2.24, 2.45) is 0 Å². The number of hydrogen-bond donors (Lipinski definition) is 3. The molecule has 0 fully saturated rings. The van der Waals surface area contributed by atoms with Crippen LogP contribution in [-0.2, 0) is 10.0 Å². The zero-order valence-electron chi connectivity index (χ0n) is 16.3. The van der Waals surface area contributed by atoms with Gasteiger partial charge in [0.25, 0.3) is 15.9 Å². The summed E-state index contributed by atoms with van der Waals surface area (Å²) in [6.07, 6.45) is 0. The van der Waals surface area contributed by atoms with Crippen LogP contribution in [0.5, 0.6) is 0 Å². The number of nitrogens with one attached hydrogen (secondary N) is 2. The SMILES string of the molecule is Cc1ccc(C(=O)Nc2cc(Br)ccc2C(=O)O)cc1S(=O)(=O)Nc1ccc(Cl)c(Cl)c1. The van der Waals surface area contributed by atoms with E-state index in [-0.39, 0.29) is 37.4 Å². The minimum atomic E-state index is -4.06. The molecule has 3 aromatic carbocycles. The summed E-state index contributed by atoms with van der Waals surface area (Å²) in [5.74, 6) is -1.89. The van der Waals surface area contributed by atoms with Crippen molar-refractivity contribution in [1.82, 2.24) is 0 Å². The predicted octanol–water partition coefficient (Wildman–Crippen LogP) is 5.82. The molecule has 166 valence electrons. The summed E-state index contributed by atoms with van der Waals surface area (Å²) >= 11 is 15.0. The van der Waals surface area contributed by atoms with Gasteiger partial charge in [0.2, 0.25) is 0 Å². The van der Waals surface area contributed by atoms with Crippen molar-refractivity contribution in [3.8, 4) is 0 Å². The van der Waals surface area contributed by atoms with Crippen LogP contribution >= 0.6 is 39.1 Å². The molecule has 3 N–H and O–H groups in total. The number of halogens is 3. The van der Waals surface area contributed by atoms with E-state index in [2.05, 4.69) is 26.0 Å². The van der Waals surface area contributed by atoms with Gasteiger partial charge in [0.1, 0.15) is 0 Å². The van der Waals surface area contributed by atoms with Crippen LogP contribution in [0.25, 0.3) is 0 Å². The monoisotopic (exact) mass is 556 g/mol. The van der Waals surface area contributed by atoms with Gasteiger partial charge in [0.15, 0.2) is 0 Å². The van der Waals surface area contributed by atoms with Gasteiger partial charge in [0.05, 0.1) is 31.9 Å². The van der Waals surface area contributed by atoms with E-state index in [1.165, 1.54) is 54.6 Å². The topological polar surface area (TPSA) is 113 Å². The highest BCUT2D eigenvalue weighted by atomic mass is 79.9. The van der Waals surface area contributed by atoms with Gasteiger partial charge in [0, 0.05) is 10.0 Å². The first-order valence-electron chi connectivity index (χ1n) is 8.90. The molecule has 0 radical (unpaired) electrons. The number of aromatic carboxylic acids is 1. The molecular weight excluding hydrogens is 543 g/mol. The van der Waals surface area contributed by atoms with Crippen molar-refractivity contribution in [1.29, 1.82) is 0 Å². The summed E-state index contributed by atoms with van der Waals surface area (Å²) in [6.45, 7) is 1.59. The predicted molar refractivity (Wildman–Crippen MR) is 128 cm³/mol. The molecule has 0 heterocycles. The third kappa shape index (κ3) is 5.42. The van der Waals surface area contributed by atoms with E-state index in [1.807, 2.05) is 0 Å². The van der Waals surface area contributed by atoms with E-state index < -0.39 is 21.9 Å². The minimum Gasteiger partial charge on any atom is -0.478 e. The minimum absolute atomic E-state index is 0.0291. The lowest BCUT2D eigenvalue weighted by atomic mass is 10.1. The van der Waals surface area contributed by atoms with Crippen LogP contribution in [-0.4, -0.2) is 25.4 Å². The molecular formula is C21H15BrCl2N2O5S. The average molecular weight is 558 g/mol. The number of anilines is 2. The normalized spacial score (nSPS) is 11.1. The molecule has 7 nitrogen and oxygen atoms in total. The Bertz CT molecular complexity index is 1350. The third-order valence-electron chi connectivity index (χ3n) is 4.37. The molecule has 0 saturated heterocycles. The van der Waals surface area contributed by atoms with E-state index in [4.69, 9.17) is 23.2 Å². The summed E-state index contributed by atoms with van der Waals surface area (Å²) in [6, 6.07) is 12.7. The van der Waals surface area contributed by atoms with Crippen LogP contribution in [0.15, 0.2) is 64.0 Å². The molecule has 0 unspecified atom stereocenters. The Labute approximate surface area is 202 Å². The van der Waals surface area contributed by atoms with Gasteiger partial charge >= 0.3 is 5.97 Å². The lowest BCUT2D eigenvalue weighted by Gasteiger charge is -2.13. The number of sulfonamides is 1. The molecule has 0 atom stereocenters. The number of aryl methyl sites for hydroxylation is 1. The lowest BCUT2D eigenvalue weighted by Crippen LogP contribution is -2.18. The Hall–Kier alpha value is -2.59. The standard InChI is InChI=1S/C21H15BrCl2N2O5S/c1-11-2-3-12(20(27)25-18-9-13(22)4-6-15(18)21(28)29)8-19(11)32(30,31)26-14-5-7-16(23)17(24)10-14/h2-10,26H,1H3,(H,25,27)(H,28,29). The van der Waals surface area contributed by atoms with Crippen LogP contribution in [0, 0.1) is 6.92 Å². The van der Waals surface area contributed by atoms with E-state index in [9.17, 15) is 23.1 Å². The van der Waals surface area contributed by atoms with Gasteiger partial charge in [-0.25, -0.2) is 13.2 Å². The summed E-state index contributed by atoms with van der Waals surface area (Å²) in [5.41, 5.74) is 0.594. The van der Waals surface area contributed by atoms with Crippen LogP contribution in [0.1, 0.15) is 26.3 Å². The average Bonchev–Trinajstić information content (AvgIpc) is 2.70. The molecule has 0 bridgehead atoms. The van der Waals surface area contributed by atoms with Crippen molar-refractivity contribution in [3.63, 3.8) is 0 Å². The highest BCUT2D eigenvalue weighted by molar-refractivity contribution is 9.10. The first-order chi connectivity index (χ1) is 15.0. The Morgan fingerprint density at radius 2 is 1.69 bits per heavy atom. The van der Waals surface area contributed by atoms with E-state index in [0.717, 1.165) is 0 Å². The zero-order chi connectivity index (χ0) is 23.6. The summed E-state index contributed by atoms with van der Waals surface area (Å²) in [4.78, 5) is 24.1. The molecule has 0 saturated carbocycles. The van der Waals surface area contributed by atoms with Crippen molar-refractivity contribution < 1.29 is 23.1 Å². The molecule has 0 aliphatic heterocycles. The number of carbonyl (C=O) groups excluding carboxylic acids is 1. The fourth-order valence-electron chi connectivity index (χ4n) is 2.80. The van der Waals surface area contributed by atoms with Gasteiger partial charge in [-0.3, -0.25) is 9.52 Å². The highest BCUT2D eigenvalue weighted by Gasteiger charge is 2.21. The van der Waals surface area contributed by atoms with Crippen molar-refractivity contribution >= 4 is 72.4 Å². The van der Waals surface area contributed by atoms with Crippen LogP contribution in [0.2, 0.25) is 10.0 Å². The first kappa shape index (κ1) is 24.1. The summed E-state index contributed by atoms with van der Waals surface area (Å²) in [5, 5.41) is 12.3. The molecule has 1 amide bonds. The third-order valence-corrected chi connectivity index (χ3v) is 7.13. The van der Waals surface area contributed by atoms with E-state index >= 15 is 0 Å². The number of carboxylic acid groups (broad SMARTS) is 1. The number of amides is 1. The Morgan fingerprint density at radius 3 is 2.34 bits per heavy atom. The van der Waals surface area contributed by atoms with E-state index in [1.54, 1.807) is 6.92 Å². The van der Waals surface area contributed by atoms with Crippen molar-refractivity contribution in [3.05, 3.63) is 85.8 Å². The maximum absolute atomic E-state index is 12.9. The quantitative estimate of drug-likeness (QED) is 0.353. The van der Waals surface area contributed by atoms with Crippen molar-refractivity contribution in [2.45, 2.75) is 11.8 Å². The largest absolute Gasteiger partial charge is 0.478 e. The van der Waals surface area contributed by atoms with Gasteiger partial charge in [-0.2, -0.15) is 0 Å².